The molecule has 0 aliphatic heterocycles. The summed E-state index contributed by atoms with van der Waals surface area (Å²) < 4.78 is 10.1. The number of rotatable bonds is 9. The second-order valence-electron chi connectivity index (χ2n) is 7.15. The molecule has 0 heterocycles. The van der Waals surface area contributed by atoms with Gasteiger partial charge in [-0.2, -0.15) is 0 Å². The quantitative estimate of drug-likeness (QED) is 0.529. The Bertz CT molecular complexity index is 900. The maximum atomic E-state index is 12.1. The summed E-state index contributed by atoms with van der Waals surface area (Å²) in [5.74, 6) is -1.18. The van der Waals surface area contributed by atoms with E-state index in [1.165, 1.54) is 0 Å². The molecule has 1 aliphatic rings. The first kappa shape index (κ1) is 22.1. The number of amides is 2. The van der Waals surface area contributed by atoms with E-state index in [9.17, 15) is 19.5 Å². The first-order chi connectivity index (χ1) is 15.0. The lowest BCUT2D eigenvalue weighted by Gasteiger charge is -2.15. The van der Waals surface area contributed by atoms with Gasteiger partial charge in [-0.15, -0.1) is 0 Å². The standard InChI is InChI=1S/C23H26N2O6/c1-2-30-23(29)25-20(21(26)27)12-7-13-24-22(28)31-14-19-17-10-5-3-8-15(17)16-9-4-6-11-18(16)19/h3-6,8-11,19-20H,2,7,12-14H2,1H3,(H,24,28)(H,25,29)(H,26,27)/t20-/m0/s1. The van der Waals surface area contributed by atoms with Crippen LogP contribution in [-0.2, 0) is 14.3 Å². The van der Waals surface area contributed by atoms with E-state index in [4.69, 9.17) is 9.47 Å². The Kier molecular flexibility index (Phi) is 7.48. The number of carbonyl (C=O) groups excluding carboxylic acids is 2. The molecule has 0 saturated carbocycles. The monoisotopic (exact) mass is 426 g/mol. The fourth-order valence-electron chi connectivity index (χ4n) is 3.72. The molecule has 0 radical (unpaired) electrons. The predicted molar refractivity (Wildman–Crippen MR) is 114 cm³/mol. The fraction of sp³-hybridized carbons (Fsp3) is 0.348. The summed E-state index contributed by atoms with van der Waals surface area (Å²) in [4.78, 5) is 34.8. The molecule has 3 N–H and O–H groups in total. The number of carboxylic acid groups (broad SMARTS) is 1. The third kappa shape index (κ3) is 5.53. The minimum atomic E-state index is -1.16. The van der Waals surface area contributed by atoms with Crippen LogP contribution in [0.2, 0.25) is 0 Å². The van der Waals surface area contributed by atoms with Crippen molar-refractivity contribution in [1.29, 1.82) is 0 Å². The molecule has 3 rings (SSSR count). The van der Waals surface area contributed by atoms with Crippen molar-refractivity contribution in [1.82, 2.24) is 10.6 Å². The zero-order chi connectivity index (χ0) is 22.2. The predicted octanol–water partition coefficient (Wildman–Crippen LogP) is 3.50. The number of carboxylic acids is 1. The SMILES string of the molecule is CCOC(=O)N[C@@H](CCCNC(=O)OCC1c2ccccc2-c2ccccc21)C(=O)O. The Morgan fingerprint density at radius 1 is 0.968 bits per heavy atom. The second kappa shape index (κ2) is 10.5. The molecule has 0 fully saturated rings. The molecule has 2 aromatic rings. The molecule has 0 spiro atoms. The molecule has 164 valence electrons. The van der Waals surface area contributed by atoms with E-state index in [2.05, 4.69) is 22.8 Å². The Hall–Kier alpha value is -3.55. The summed E-state index contributed by atoms with van der Waals surface area (Å²) in [5.41, 5.74) is 4.57. The van der Waals surface area contributed by atoms with Gasteiger partial charge in [0.05, 0.1) is 6.61 Å². The minimum absolute atomic E-state index is 0.0247. The third-order valence-electron chi connectivity index (χ3n) is 5.15. The van der Waals surface area contributed by atoms with Crippen molar-refractivity contribution in [2.75, 3.05) is 19.8 Å². The summed E-state index contributed by atoms with van der Waals surface area (Å²) in [5, 5.41) is 14.1. The highest BCUT2D eigenvalue weighted by atomic mass is 16.6. The Balaban J connectivity index is 1.46. The Labute approximate surface area is 180 Å². The van der Waals surface area contributed by atoms with Gasteiger partial charge >= 0.3 is 18.2 Å². The van der Waals surface area contributed by atoms with E-state index in [-0.39, 0.29) is 32.1 Å². The van der Waals surface area contributed by atoms with Gasteiger partial charge in [-0.05, 0) is 42.0 Å². The molecular formula is C23H26N2O6. The van der Waals surface area contributed by atoms with Gasteiger partial charge in [-0.3, -0.25) is 0 Å². The van der Waals surface area contributed by atoms with Crippen LogP contribution < -0.4 is 10.6 Å². The van der Waals surface area contributed by atoms with E-state index in [0.717, 1.165) is 22.3 Å². The van der Waals surface area contributed by atoms with Crippen molar-refractivity contribution in [2.45, 2.75) is 31.7 Å². The molecule has 8 heteroatoms. The highest BCUT2D eigenvalue weighted by Gasteiger charge is 2.29. The highest BCUT2D eigenvalue weighted by Crippen LogP contribution is 2.44. The van der Waals surface area contributed by atoms with Gasteiger partial charge in [0.2, 0.25) is 0 Å². The molecule has 0 saturated heterocycles. The molecule has 8 nitrogen and oxygen atoms in total. The van der Waals surface area contributed by atoms with Crippen LogP contribution in [0.1, 0.15) is 36.8 Å². The van der Waals surface area contributed by atoms with Crippen molar-refractivity contribution in [3.8, 4) is 11.1 Å². The number of ether oxygens (including phenoxy) is 2. The first-order valence-corrected chi connectivity index (χ1v) is 10.3. The van der Waals surface area contributed by atoms with Gasteiger partial charge in [-0.1, -0.05) is 48.5 Å². The van der Waals surface area contributed by atoms with E-state index >= 15 is 0 Å². The molecule has 1 aliphatic carbocycles. The molecule has 1 atom stereocenters. The largest absolute Gasteiger partial charge is 0.480 e. The smallest absolute Gasteiger partial charge is 0.407 e. The van der Waals surface area contributed by atoms with Crippen LogP contribution in [0.3, 0.4) is 0 Å². The number of alkyl carbamates (subject to hydrolysis) is 2. The second-order valence-corrected chi connectivity index (χ2v) is 7.15. The summed E-state index contributed by atoms with van der Waals surface area (Å²) >= 11 is 0. The van der Waals surface area contributed by atoms with Crippen LogP contribution in [0.4, 0.5) is 9.59 Å². The van der Waals surface area contributed by atoms with Crippen LogP contribution in [0.15, 0.2) is 48.5 Å². The van der Waals surface area contributed by atoms with Crippen LogP contribution >= 0.6 is 0 Å². The molecular weight excluding hydrogens is 400 g/mol. The maximum absolute atomic E-state index is 12.1. The lowest BCUT2D eigenvalue weighted by molar-refractivity contribution is -0.139. The number of fused-ring (bicyclic) bond motifs is 3. The van der Waals surface area contributed by atoms with E-state index < -0.39 is 24.2 Å². The summed E-state index contributed by atoms with van der Waals surface area (Å²) in [7, 11) is 0. The van der Waals surface area contributed by atoms with Gasteiger partial charge in [0.1, 0.15) is 12.6 Å². The lowest BCUT2D eigenvalue weighted by Crippen LogP contribution is -2.41. The van der Waals surface area contributed by atoms with E-state index in [1.54, 1.807) is 6.92 Å². The fourth-order valence-corrected chi connectivity index (χ4v) is 3.72. The van der Waals surface area contributed by atoms with Gasteiger partial charge < -0.3 is 25.2 Å². The Morgan fingerprint density at radius 3 is 2.16 bits per heavy atom. The van der Waals surface area contributed by atoms with Gasteiger partial charge in [-0.25, -0.2) is 14.4 Å². The lowest BCUT2D eigenvalue weighted by atomic mass is 9.98. The first-order valence-electron chi connectivity index (χ1n) is 10.3. The van der Waals surface area contributed by atoms with Gasteiger partial charge in [0, 0.05) is 12.5 Å². The summed E-state index contributed by atoms with van der Waals surface area (Å²) in [6.07, 6.45) is -0.836. The molecule has 31 heavy (non-hydrogen) atoms. The molecule has 2 amide bonds. The zero-order valence-corrected chi connectivity index (χ0v) is 17.3. The average Bonchev–Trinajstić information content (AvgIpc) is 3.08. The topological polar surface area (TPSA) is 114 Å². The van der Waals surface area contributed by atoms with Crippen LogP contribution in [0.25, 0.3) is 11.1 Å². The normalized spacial score (nSPS) is 12.9. The van der Waals surface area contributed by atoms with Crippen molar-refractivity contribution < 1.29 is 29.0 Å². The van der Waals surface area contributed by atoms with Crippen LogP contribution in [0.5, 0.6) is 0 Å². The molecule has 0 unspecified atom stereocenters. The molecule has 2 aromatic carbocycles. The van der Waals surface area contributed by atoms with E-state index in [1.807, 2.05) is 36.4 Å². The number of hydrogen-bond acceptors (Lipinski definition) is 5. The van der Waals surface area contributed by atoms with Gasteiger partial charge in [0.15, 0.2) is 0 Å². The summed E-state index contributed by atoms with van der Waals surface area (Å²) in [6.45, 7) is 2.22. The van der Waals surface area contributed by atoms with Crippen molar-refractivity contribution in [2.24, 2.45) is 0 Å². The highest BCUT2D eigenvalue weighted by molar-refractivity contribution is 5.80. The number of aliphatic carboxylic acids is 1. The zero-order valence-electron chi connectivity index (χ0n) is 17.3. The van der Waals surface area contributed by atoms with Crippen molar-refractivity contribution in [3.05, 3.63) is 59.7 Å². The molecule has 0 bridgehead atoms. The molecule has 0 aromatic heterocycles. The summed E-state index contributed by atoms with van der Waals surface area (Å²) in [6, 6.07) is 15.1. The van der Waals surface area contributed by atoms with Gasteiger partial charge in [0.25, 0.3) is 0 Å². The van der Waals surface area contributed by atoms with Crippen LogP contribution in [0, 0.1) is 0 Å². The van der Waals surface area contributed by atoms with E-state index in [0.29, 0.717) is 6.42 Å². The third-order valence-corrected chi connectivity index (χ3v) is 5.15. The number of hydrogen-bond donors (Lipinski definition) is 3. The van der Waals surface area contributed by atoms with Crippen molar-refractivity contribution in [3.63, 3.8) is 0 Å². The maximum Gasteiger partial charge on any atom is 0.407 e. The average molecular weight is 426 g/mol. The number of nitrogens with one attached hydrogen (secondary N) is 2. The van der Waals surface area contributed by atoms with Crippen LogP contribution in [-0.4, -0.2) is 49.1 Å². The van der Waals surface area contributed by atoms with Crippen molar-refractivity contribution >= 4 is 18.2 Å². The minimum Gasteiger partial charge on any atom is -0.480 e. The number of carbonyl (C=O) groups is 3. The Morgan fingerprint density at radius 2 is 1.58 bits per heavy atom. The number of benzene rings is 2.